The van der Waals surface area contributed by atoms with Gasteiger partial charge in [-0.1, -0.05) is 19.3 Å². The van der Waals surface area contributed by atoms with Gasteiger partial charge in [0.25, 0.3) is 5.91 Å². The van der Waals surface area contributed by atoms with Crippen molar-refractivity contribution >= 4 is 17.8 Å². The highest BCUT2D eigenvalue weighted by atomic mass is 19.4. The average Bonchev–Trinajstić information content (AvgIpc) is 2.75. The number of nitrogens with zero attached hydrogens (tertiary/aromatic N) is 1. The summed E-state index contributed by atoms with van der Waals surface area (Å²) >= 11 is 0. The van der Waals surface area contributed by atoms with Gasteiger partial charge in [-0.2, -0.15) is 13.2 Å². The average molecular weight is 376 g/mol. The van der Waals surface area contributed by atoms with Gasteiger partial charge in [-0.25, -0.2) is 4.79 Å². The molecule has 0 aromatic heterocycles. The molecule has 0 bridgehead atoms. The largest absolute Gasteiger partial charge is 0.462 e. The highest BCUT2D eigenvalue weighted by Crippen LogP contribution is 2.47. The van der Waals surface area contributed by atoms with Gasteiger partial charge >= 0.3 is 12.1 Å². The maximum absolute atomic E-state index is 14.1. The fourth-order valence-corrected chi connectivity index (χ4v) is 3.83. The number of alkyl halides is 3. The number of ether oxygens (including phenoxy) is 1. The molecule has 9 heteroatoms. The second-order valence-corrected chi connectivity index (χ2v) is 6.58. The van der Waals surface area contributed by atoms with E-state index in [1.165, 1.54) is 13.8 Å². The Morgan fingerprint density at radius 1 is 1.27 bits per heavy atom. The summed E-state index contributed by atoms with van der Waals surface area (Å²) in [6, 6.07) is -0.432. The molecule has 0 aromatic carbocycles. The van der Waals surface area contributed by atoms with Gasteiger partial charge in [0.2, 0.25) is 11.4 Å². The van der Waals surface area contributed by atoms with Crippen LogP contribution in [0.2, 0.25) is 0 Å². The summed E-state index contributed by atoms with van der Waals surface area (Å²) < 4.78 is 47.0. The van der Waals surface area contributed by atoms with Gasteiger partial charge in [0, 0.05) is 18.7 Å². The summed E-state index contributed by atoms with van der Waals surface area (Å²) in [6.07, 6.45) is -1.57. The van der Waals surface area contributed by atoms with E-state index in [0.717, 1.165) is 31.1 Å². The lowest BCUT2D eigenvalue weighted by atomic mass is 9.88. The molecule has 0 aromatic rings. The van der Waals surface area contributed by atoms with Crippen LogP contribution in [-0.2, 0) is 19.1 Å². The van der Waals surface area contributed by atoms with Crippen molar-refractivity contribution < 1.29 is 32.3 Å². The van der Waals surface area contributed by atoms with Crippen molar-refractivity contribution in [2.24, 2.45) is 0 Å². The SMILES string of the molecule is CCOC(=O)C1=C(C)N(C2CCCCC2)C(=O)[C@]1(NC(C)=O)C(F)(F)F. The molecule has 2 rings (SSSR count). The Morgan fingerprint density at radius 3 is 2.31 bits per heavy atom. The number of rotatable bonds is 4. The second kappa shape index (κ2) is 7.28. The molecule has 6 nitrogen and oxygen atoms in total. The molecule has 146 valence electrons. The second-order valence-electron chi connectivity index (χ2n) is 6.58. The summed E-state index contributed by atoms with van der Waals surface area (Å²) in [7, 11) is 0. The van der Waals surface area contributed by atoms with Gasteiger partial charge in [-0.3, -0.25) is 9.59 Å². The Balaban J connectivity index is 2.65. The predicted octanol–water partition coefficient (Wildman–Crippen LogP) is 2.44. The monoisotopic (exact) mass is 376 g/mol. The van der Waals surface area contributed by atoms with E-state index >= 15 is 0 Å². The van der Waals surface area contributed by atoms with E-state index in [1.54, 1.807) is 5.32 Å². The lowest BCUT2D eigenvalue weighted by Crippen LogP contribution is -2.66. The first kappa shape index (κ1) is 20.3. The maximum atomic E-state index is 14.1. The van der Waals surface area contributed by atoms with Crippen LogP contribution < -0.4 is 5.32 Å². The van der Waals surface area contributed by atoms with Crippen molar-refractivity contribution in [3.05, 3.63) is 11.3 Å². The molecule has 2 aliphatic rings. The summed E-state index contributed by atoms with van der Waals surface area (Å²) in [5.41, 5.74) is -4.36. The van der Waals surface area contributed by atoms with E-state index < -0.39 is 41.1 Å². The molecule has 1 saturated carbocycles. The van der Waals surface area contributed by atoms with E-state index in [2.05, 4.69) is 0 Å². The van der Waals surface area contributed by atoms with E-state index in [-0.39, 0.29) is 12.3 Å². The number of carbonyl (C=O) groups excluding carboxylic acids is 3. The van der Waals surface area contributed by atoms with Crippen LogP contribution in [0.15, 0.2) is 11.3 Å². The van der Waals surface area contributed by atoms with Gasteiger partial charge in [0.15, 0.2) is 0 Å². The molecule has 26 heavy (non-hydrogen) atoms. The summed E-state index contributed by atoms with van der Waals surface area (Å²) in [5, 5.41) is 1.72. The molecule has 2 amide bonds. The van der Waals surface area contributed by atoms with Gasteiger partial charge in [-0.15, -0.1) is 0 Å². The Kier molecular flexibility index (Phi) is 5.67. The third-order valence-corrected chi connectivity index (χ3v) is 4.85. The van der Waals surface area contributed by atoms with Crippen molar-refractivity contribution in [3.8, 4) is 0 Å². The zero-order valence-electron chi connectivity index (χ0n) is 15.0. The molecule has 1 atom stereocenters. The number of nitrogens with one attached hydrogen (secondary N) is 1. The minimum Gasteiger partial charge on any atom is -0.462 e. The number of hydrogen-bond acceptors (Lipinski definition) is 4. The number of hydrogen-bond donors (Lipinski definition) is 1. The van der Waals surface area contributed by atoms with Gasteiger partial charge in [0.05, 0.1) is 6.61 Å². The zero-order chi connectivity index (χ0) is 19.7. The van der Waals surface area contributed by atoms with E-state index in [0.29, 0.717) is 12.8 Å². The quantitative estimate of drug-likeness (QED) is 0.765. The fourth-order valence-electron chi connectivity index (χ4n) is 3.83. The molecule has 1 fully saturated rings. The van der Waals surface area contributed by atoms with Crippen LogP contribution >= 0.6 is 0 Å². The molecule has 0 radical (unpaired) electrons. The zero-order valence-corrected chi connectivity index (χ0v) is 15.0. The van der Waals surface area contributed by atoms with Gasteiger partial charge in [-0.05, 0) is 26.7 Å². The Morgan fingerprint density at radius 2 is 1.85 bits per heavy atom. The lowest BCUT2D eigenvalue weighted by Gasteiger charge is -2.36. The number of halogens is 3. The normalized spacial score (nSPS) is 24.8. The summed E-state index contributed by atoms with van der Waals surface area (Å²) in [4.78, 5) is 37.9. The van der Waals surface area contributed by atoms with Gasteiger partial charge < -0.3 is 15.0 Å². The molecule has 1 aliphatic heterocycles. The van der Waals surface area contributed by atoms with Crippen LogP contribution in [-0.4, -0.2) is 47.0 Å². The Hall–Kier alpha value is -2.06. The topological polar surface area (TPSA) is 75.7 Å². The third kappa shape index (κ3) is 3.19. The first-order chi connectivity index (χ1) is 12.1. The van der Waals surface area contributed by atoms with Gasteiger partial charge in [0.1, 0.15) is 5.57 Å². The van der Waals surface area contributed by atoms with Crippen molar-refractivity contribution in [1.82, 2.24) is 10.2 Å². The lowest BCUT2D eigenvalue weighted by molar-refractivity contribution is -0.196. The summed E-state index contributed by atoms with van der Waals surface area (Å²) in [6.45, 7) is 3.48. The van der Waals surface area contributed by atoms with E-state index in [1.807, 2.05) is 0 Å². The maximum Gasteiger partial charge on any atom is 0.425 e. The van der Waals surface area contributed by atoms with Crippen LogP contribution in [0.5, 0.6) is 0 Å². The Labute approximate surface area is 149 Å². The van der Waals surface area contributed by atoms with Crippen molar-refractivity contribution in [2.75, 3.05) is 6.61 Å². The standard InChI is InChI=1S/C17H23F3N2O4/c1-4-26-14(24)13-10(2)22(12-8-6-5-7-9-12)15(25)16(13,17(18,19)20)21-11(3)23/h12H,4-9H2,1-3H3,(H,21,23)/t16-/m0/s1. The molecular formula is C17H23F3N2O4. The number of esters is 1. The summed E-state index contributed by atoms with van der Waals surface area (Å²) in [5.74, 6) is -3.65. The first-order valence-electron chi connectivity index (χ1n) is 8.65. The predicted molar refractivity (Wildman–Crippen MR) is 85.7 cm³/mol. The van der Waals surface area contributed by atoms with Crippen LogP contribution in [0, 0.1) is 0 Å². The molecule has 1 aliphatic carbocycles. The van der Waals surface area contributed by atoms with E-state index in [9.17, 15) is 27.6 Å². The highest BCUT2D eigenvalue weighted by Gasteiger charge is 2.71. The first-order valence-corrected chi connectivity index (χ1v) is 8.65. The van der Waals surface area contributed by atoms with Crippen molar-refractivity contribution in [1.29, 1.82) is 0 Å². The molecule has 1 N–H and O–H groups in total. The third-order valence-electron chi connectivity index (χ3n) is 4.85. The van der Waals surface area contributed by atoms with Crippen molar-refractivity contribution in [3.63, 3.8) is 0 Å². The molecular weight excluding hydrogens is 353 g/mol. The molecule has 0 spiro atoms. The molecule has 1 heterocycles. The van der Waals surface area contributed by atoms with Crippen LogP contribution in [0.3, 0.4) is 0 Å². The van der Waals surface area contributed by atoms with Crippen molar-refractivity contribution in [2.45, 2.75) is 70.6 Å². The minimum absolute atomic E-state index is 0.105. The van der Waals surface area contributed by atoms with Crippen LogP contribution in [0.4, 0.5) is 13.2 Å². The minimum atomic E-state index is -5.19. The van der Waals surface area contributed by atoms with Crippen LogP contribution in [0.1, 0.15) is 52.9 Å². The smallest absolute Gasteiger partial charge is 0.425 e. The molecule has 0 unspecified atom stereocenters. The van der Waals surface area contributed by atoms with Crippen LogP contribution in [0.25, 0.3) is 0 Å². The molecule has 0 saturated heterocycles. The van der Waals surface area contributed by atoms with E-state index in [4.69, 9.17) is 4.74 Å². The fraction of sp³-hybridized carbons (Fsp3) is 0.706. The Bertz CT molecular complexity index is 638. The number of amides is 2. The number of allylic oxidation sites excluding steroid dienone is 1. The highest BCUT2D eigenvalue weighted by molar-refractivity contribution is 6.10. The number of carbonyl (C=O) groups is 3.